The Hall–Kier alpha value is -0.820. The van der Waals surface area contributed by atoms with E-state index in [9.17, 15) is 21.6 Å². The number of amides is 1. The standard InChI is InChI=1S/C6H12N2O7S3/c9-5(7-1-3-17(10,11)12)6(16)8-2-4-18(13,14)15/h1-4H2,(H,7,9)(H,8,16)(H,10,11,12)(H,13,14,15). The van der Waals surface area contributed by atoms with Gasteiger partial charge in [0.1, 0.15) is 0 Å². The summed E-state index contributed by atoms with van der Waals surface area (Å²) in [4.78, 5) is 10.8. The van der Waals surface area contributed by atoms with E-state index in [0.717, 1.165) is 0 Å². The molecule has 0 bridgehead atoms. The van der Waals surface area contributed by atoms with E-state index in [4.69, 9.17) is 9.11 Å². The summed E-state index contributed by atoms with van der Waals surface area (Å²) in [6.07, 6.45) is 0. The molecule has 0 unspecified atom stereocenters. The highest BCUT2D eigenvalue weighted by Crippen LogP contribution is 1.82. The van der Waals surface area contributed by atoms with E-state index < -0.39 is 37.6 Å². The Morgan fingerprint density at radius 3 is 1.72 bits per heavy atom. The van der Waals surface area contributed by atoms with E-state index in [1.165, 1.54) is 0 Å². The monoisotopic (exact) mass is 320 g/mol. The number of thiocarbonyl (C=S) groups is 1. The maximum atomic E-state index is 11.2. The van der Waals surface area contributed by atoms with Gasteiger partial charge in [-0.25, -0.2) is 0 Å². The smallest absolute Gasteiger partial charge is 0.278 e. The summed E-state index contributed by atoms with van der Waals surface area (Å²) < 4.78 is 58.1. The fraction of sp³-hybridized carbons (Fsp3) is 0.667. The molecule has 0 aromatic carbocycles. The second-order valence-electron chi connectivity index (χ2n) is 3.08. The van der Waals surface area contributed by atoms with Crippen molar-refractivity contribution in [2.75, 3.05) is 24.6 Å². The molecular weight excluding hydrogens is 308 g/mol. The predicted octanol–water partition coefficient (Wildman–Crippen LogP) is -2.20. The van der Waals surface area contributed by atoms with Gasteiger partial charge in [0.2, 0.25) is 0 Å². The summed E-state index contributed by atoms with van der Waals surface area (Å²) in [5.74, 6) is -2.10. The lowest BCUT2D eigenvalue weighted by molar-refractivity contribution is -0.114. The summed E-state index contributed by atoms with van der Waals surface area (Å²) in [7, 11) is -8.32. The minimum absolute atomic E-state index is 0.261. The second-order valence-corrected chi connectivity index (χ2v) is 6.64. The molecule has 9 nitrogen and oxygen atoms in total. The van der Waals surface area contributed by atoms with E-state index in [1.807, 2.05) is 0 Å². The van der Waals surface area contributed by atoms with Crippen molar-refractivity contribution < 1.29 is 30.7 Å². The number of carbonyl (C=O) groups excluding carboxylic acids is 1. The second kappa shape index (κ2) is 6.94. The zero-order valence-corrected chi connectivity index (χ0v) is 11.4. The fourth-order valence-corrected chi connectivity index (χ4v) is 1.64. The van der Waals surface area contributed by atoms with Gasteiger partial charge in [-0.15, -0.1) is 0 Å². The highest BCUT2D eigenvalue weighted by Gasteiger charge is 2.11. The summed E-state index contributed by atoms with van der Waals surface area (Å²) in [6.45, 7) is -0.596. The zero-order chi connectivity index (χ0) is 14.4. The molecule has 0 saturated carbocycles. The van der Waals surface area contributed by atoms with Gasteiger partial charge in [0.05, 0.1) is 11.5 Å². The number of hydrogen-bond donors (Lipinski definition) is 4. The molecule has 0 fully saturated rings. The van der Waals surface area contributed by atoms with Crippen LogP contribution in [0.25, 0.3) is 0 Å². The SMILES string of the molecule is O=C(NCCS(=O)(=O)O)C(=S)NCCS(=O)(=O)O. The van der Waals surface area contributed by atoms with Crippen LogP contribution in [0.5, 0.6) is 0 Å². The van der Waals surface area contributed by atoms with Crippen molar-refractivity contribution >= 4 is 43.3 Å². The number of hydrogen-bond acceptors (Lipinski definition) is 6. The zero-order valence-electron chi connectivity index (χ0n) is 8.99. The van der Waals surface area contributed by atoms with Gasteiger partial charge in [0.15, 0.2) is 4.99 Å². The molecule has 18 heavy (non-hydrogen) atoms. The highest BCUT2D eigenvalue weighted by atomic mass is 32.2. The predicted molar refractivity (Wildman–Crippen MR) is 66.4 cm³/mol. The summed E-state index contributed by atoms with van der Waals surface area (Å²) in [5.41, 5.74) is 0. The molecule has 12 heteroatoms. The molecule has 4 N–H and O–H groups in total. The van der Waals surface area contributed by atoms with Crippen molar-refractivity contribution in [1.82, 2.24) is 10.6 Å². The van der Waals surface area contributed by atoms with E-state index >= 15 is 0 Å². The van der Waals surface area contributed by atoms with Crippen LogP contribution in [0.4, 0.5) is 0 Å². The first kappa shape index (κ1) is 17.2. The third kappa shape index (κ3) is 10.3. The fourth-order valence-electron chi connectivity index (χ4n) is 0.748. The molecule has 0 radical (unpaired) electrons. The van der Waals surface area contributed by atoms with Crippen molar-refractivity contribution in [3.63, 3.8) is 0 Å². The molecule has 0 heterocycles. The Bertz CT molecular complexity index is 461. The summed E-state index contributed by atoms with van der Waals surface area (Å²) in [5, 5.41) is 4.35. The molecule has 0 atom stereocenters. The number of carbonyl (C=O) groups is 1. The quantitative estimate of drug-likeness (QED) is 0.315. The van der Waals surface area contributed by atoms with Crippen molar-refractivity contribution in [2.45, 2.75) is 0 Å². The van der Waals surface area contributed by atoms with Gasteiger partial charge in [0.25, 0.3) is 26.1 Å². The van der Waals surface area contributed by atoms with Gasteiger partial charge < -0.3 is 10.6 Å². The largest absolute Gasteiger partial charge is 0.371 e. The van der Waals surface area contributed by atoms with Crippen LogP contribution in [-0.4, -0.2) is 61.4 Å². The first-order chi connectivity index (χ1) is 8.01. The van der Waals surface area contributed by atoms with E-state index in [0.29, 0.717) is 0 Å². The van der Waals surface area contributed by atoms with Gasteiger partial charge in [0, 0.05) is 13.1 Å². The lowest BCUT2D eigenvalue weighted by Crippen LogP contribution is -2.41. The molecule has 0 aliphatic rings. The normalized spacial score (nSPS) is 11.9. The third-order valence-corrected chi connectivity index (χ3v) is 3.27. The van der Waals surface area contributed by atoms with Crippen LogP contribution in [0.2, 0.25) is 0 Å². The van der Waals surface area contributed by atoms with Gasteiger partial charge in [-0.2, -0.15) is 16.8 Å². The van der Waals surface area contributed by atoms with Crippen LogP contribution in [0.15, 0.2) is 0 Å². The highest BCUT2D eigenvalue weighted by molar-refractivity contribution is 7.86. The van der Waals surface area contributed by atoms with Crippen molar-refractivity contribution in [3.05, 3.63) is 0 Å². The van der Waals surface area contributed by atoms with Crippen LogP contribution >= 0.6 is 12.2 Å². The molecule has 0 rings (SSSR count). The van der Waals surface area contributed by atoms with Crippen LogP contribution in [0, 0.1) is 0 Å². The van der Waals surface area contributed by atoms with Gasteiger partial charge in [-0.3, -0.25) is 13.9 Å². The van der Waals surface area contributed by atoms with Crippen LogP contribution < -0.4 is 10.6 Å². The Morgan fingerprint density at radius 2 is 1.33 bits per heavy atom. The van der Waals surface area contributed by atoms with Crippen LogP contribution in [0.3, 0.4) is 0 Å². The Labute approximate surface area is 109 Å². The van der Waals surface area contributed by atoms with Crippen molar-refractivity contribution in [3.8, 4) is 0 Å². The minimum atomic E-state index is -4.17. The molecule has 0 aromatic heterocycles. The number of rotatable bonds is 6. The van der Waals surface area contributed by atoms with E-state index in [1.54, 1.807) is 0 Å². The minimum Gasteiger partial charge on any atom is -0.371 e. The summed E-state index contributed by atoms with van der Waals surface area (Å²) in [6, 6.07) is 0. The van der Waals surface area contributed by atoms with Crippen molar-refractivity contribution in [1.29, 1.82) is 0 Å². The van der Waals surface area contributed by atoms with Crippen LogP contribution in [0.1, 0.15) is 0 Å². The van der Waals surface area contributed by atoms with Gasteiger partial charge in [-0.1, -0.05) is 12.2 Å². The van der Waals surface area contributed by atoms with Gasteiger partial charge >= 0.3 is 0 Å². The Kier molecular flexibility index (Phi) is 6.62. The maximum Gasteiger partial charge on any atom is 0.278 e. The molecule has 0 spiro atoms. The number of nitrogens with one attached hydrogen (secondary N) is 2. The molecule has 0 saturated heterocycles. The molecule has 0 aromatic rings. The van der Waals surface area contributed by atoms with Crippen LogP contribution in [-0.2, 0) is 25.0 Å². The molecule has 0 aliphatic carbocycles. The topological polar surface area (TPSA) is 150 Å². The first-order valence-corrected chi connectivity index (χ1v) is 8.10. The molecule has 0 aliphatic heterocycles. The van der Waals surface area contributed by atoms with Crippen molar-refractivity contribution in [2.24, 2.45) is 0 Å². The van der Waals surface area contributed by atoms with E-state index in [-0.39, 0.29) is 18.1 Å². The Morgan fingerprint density at radius 1 is 0.944 bits per heavy atom. The average molecular weight is 320 g/mol. The lowest BCUT2D eigenvalue weighted by atomic mass is 10.5. The van der Waals surface area contributed by atoms with Gasteiger partial charge in [-0.05, 0) is 0 Å². The molecular formula is C6H12N2O7S3. The first-order valence-electron chi connectivity index (χ1n) is 4.47. The van der Waals surface area contributed by atoms with E-state index in [2.05, 4.69) is 22.9 Å². The molecule has 1 amide bonds. The molecule has 106 valence electrons. The summed E-state index contributed by atoms with van der Waals surface area (Å²) >= 11 is 4.56. The Balaban J connectivity index is 3.95. The maximum absolute atomic E-state index is 11.2. The third-order valence-electron chi connectivity index (χ3n) is 1.50. The lowest BCUT2D eigenvalue weighted by Gasteiger charge is -2.07. The average Bonchev–Trinajstić information content (AvgIpc) is 2.13.